The Balaban J connectivity index is 1.39. The summed E-state index contributed by atoms with van der Waals surface area (Å²) in [5.41, 5.74) is 3.13. The highest BCUT2D eigenvalue weighted by Gasteiger charge is 2.23. The summed E-state index contributed by atoms with van der Waals surface area (Å²) in [7, 11) is 1.33. The largest absolute Gasteiger partial charge is 0.465 e. The van der Waals surface area contributed by atoms with Gasteiger partial charge in [0, 0.05) is 17.0 Å². The molecule has 4 aromatic rings. The van der Waals surface area contributed by atoms with Gasteiger partial charge in [0.05, 0.1) is 23.8 Å². The molecule has 3 aromatic heterocycles. The highest BCUT2D eigenvalue weighted by atomic mass is 32.2. The number of ether oxygens (including phenoxy) is 1. The van der Waals surface area contributed by atoms with E-state index in [1.165, 1.54) is 42.2 Å². The van der Waals surface area contributed by atoms with Crippen LogP contribution in [0.25, 0.3) is 15.9 Å². The first-order valence-corrected chi connectivity index (χ1v) is 12.7. The molecule has 1 amide bonds. The van der Waals surface area contributed by atoms with Crippen LogP contribution in [0.4, 0.5) is 5.69 Å². The maximum Gasteiger partial charge on any atom is 0.337 e. The van der Waals surface area contributed by atoms with E-state index in [4.69, 9.17) is 9.72 Å². The maximum atomic E-state index is 12.6. The zero-order valence-corrected chi connectivity index (χ0v) is 20.0. The number of thioether (sulfide) groups is 1. The third-order valence-corrected chi connectivity index (χ3v) is 7.83. The zero-order chi connectivity index (χ0) is 22.9. The van der Waals surface area contributed by atoms with Gasteiger partial charge in [-0.15, -0.1) is 21.5 Å². The number of carbonyl (C=O) groups is 2. The third-order valence-electron chi connectivity index (χ3n) is 5.71. The van der Waals surface area contributed by atoms with Crippen molar-refractivity contribution in [1.82, 2.24) is 19.6 Å². The Bertz CT molecular complexity index is 1380. The van der Waals surface area contributed by atoms with Gasteiger partial charge in [-0.2, -0.15) is 0 Å². The molecule has 33 heavy (non-hydrogen) atoms. The van der Waals surface area contributed by atoms with Crippen molar-refractivity contribution >= 4 is 56.5 Å². The van der Waals surface area contributed by atoms with Crippen LogP contribution >= 0.6 is 23.1 Å². The number of rotatable bonds is 6. The fourth-order valence-electron chi connectivity index (χ4n) is 4.19. The third kappa shape index (κ3) is 4.08. The zero-order valence-electron chi connectivity index (χ0n) is 18.4. The molecule has 0 spiro atoms. The van der Waals surface area contributed by atoms with Gasteiger partial charge in [0.1, 0.15) is 10.7 Å². The summed E-state index contributed by atoms with van der Waals surface area (Å²) in [5, 5.41) is 13.5. The predicted molar refractivity (Wildman–Crippen MR) is 129 cm³/mol. The predicted octanol–water partition coefficient (Wildman–Crippen LogP) is 4.30. The molecule has 10 heteroatoms. The minimum Gasteiger partial charge on any atom is -0.465 e. The minimum absolute atomic E-state index is 0.159. The van der Waals surface area contributed by atoms with Crippen LogP contribution < -0.4 is 5.32 Å². The number of nitrogens with zero attached hydrogens (tertiary/aromatic N) is 4. The molecular formula is C23H23N5O3S2. The van der Waals surface area contributed by atoms with Crippen LogP contribution in [0.3, 0.4) is 0 Å². The van der Waals surface area contributed by atoms with Crippen molar-refractivity contribution < 1.29 is 14.3 Å². The van der Waals surface area contributed by atoms with Crippen LogP contribution in [0, 0.1) is 0 Å². The lowest BCUT2D eigenvalue weighted by molar-refractivity contribution is -0.113. The lowest BCUT2D eigenvalue weighted by Crippen LogP contribution is -2.15. The van der Waals surface area contributed by atoms with E-state index in [-0.39, 0.29) is 11.7 Å². The van der Waals surface area contributed by atoms with Gasteiger partial charge >= 0.3 is 5.97 Å². The highest BCUT2D eigenvalue weighted by molar-refractivity contribution is 7.99. The standard InChI is InChI=1S/C23H23N5O3S2/c1-3-17-25-21-19(15-9-4-5-10-16(15)33-21)20-26-27-23(28(17)20)32-12-18(29)24-14-8-6-7-13(11-14)22(30)31-2/h6-8,11H,3-5,9-10,12H2,1-2H3,(H,24,29). The average Bonchev–Trinajstić information content (AvgIpc) is 3.42. The Morgan fingerprint density at radius 3 is 2.91 bits per heavy atom. The Labute approximate surface area is 198 Å². The summed E-state index contributed by atoms with van der Waals surface area (Å²) >= 11 is 3.11. The van der Waals surface area contributed by atoms with E-state index in [0.29, 0.717) is 16.4 Å². The fourth-order valence-corrected chi connectivity index (χ4v) is 6.22. The highest BCUT2D eigenvalue weighted by Crippen LogP contribution is 2.38. The second-order valence-corrected chi connectivity index (χ2v) is 9.85. The molecule has 170 valence electrons. The molecule has 1 aromatic carbocycles. The lowest BCUT2D eigenvalue weighted by Gasteiger charge is -2.11. The van der Waals surface area contributed by atoms with Gasteiger partial charge in [0.2, 0.25) is 5.91 Å². The molecule has 0 saturated heterocycles. The van der Waals surface area contributed by atoms with Crippen molar-refractivity contribution in [1.29, 1.82) is 0 Å². The van der Waals surface area contributed by atoms with Gasteiger partial charge in [-0.25, -0.2) is 9.78 Å². The van der Waals surface area contributed by atoms with E-state index in [9.17, 15) is 9.59 Å². The van der Waals surface area contributed by atoms with Crippen LogP contribution in [-0.2, 0) is 28.8 Å². The summed E-state index contributed by atoms with van der Waals surface area (Å²) in [4.78, 5) is 31.7. The Morgan fingerprint density at radius 2 is 2.09 bits per heavy atom. The number of methoxy groups -OCH3 is 1. The topological polar surface area (TPSA) is 98.5 Å². The molecule has 3 heterocycles. The van der Waals surface area contributed by atoms with Gasteiger partial charge < -0.3 is 10.1 Å². The van der Waals surface area contributed by atoms with Crippen LogP contribution in [0.15, 0.2) is 29.4 Å². The first-order valence-electron chi connectivity index (χ1n) is 10.9. The van der Waals surface area contributed by atoms with Crippen molar-refractivity contribution in [2.24, 2.45) is 0 Å². The summed E-state index contributed by atoms with van der Waals surface area (Å²) in [5.74, 6) is 0.414. The lowest BCUT2D eigenvalue weighted by atomic mass is 9.97. The molecule has 1 N–H and O–H groups in total. The number of hydrogen-bond donors (Lipinski definition) is 1. The van der Waals surface area contributed by atoms with Crippen LogP contribution in [0.2, 0.25) is 0 Å². The average molecular weight is 482 g/mol. The summed E-state index contributed by atoms with van der Waals surface area (Å²) in [6.07, 6.45) is 5.32. The minimum atomic E-state index is -0.447. The van der Waals surface area contributed by atoms with Crippen molar-refractivity contribution in [3.8, 4) is 0 Å². The number of aryl methyl sites for hydroxylation is 3. The summed E-state index contributed by atoms with van der Waals surface area (Å²) < 4.78 is 6.74. The van der Waals surface area contributed by atoms with E-state index < -0.39 is 5.97 Å². The number of thiophene rings is 1. The van der Waals surface area contributed by atoms with Crippen molar-refractivity contribution in [2.45, 2.75) is 44.2 Å². The van der Waals surface area contributed by atoms with E-state index >= 15 is 0 Å². The Kier molecular flexibility index (Phi) is 6.03. The molecule has 8 nitrogen and oxygen atoms in total. The molecule has 1 aliphatic carbocycles. The molecule has 0 unspecified atom stereocenters. The molecule has 0 fully saturated rings. The molecule has 0 aliphatic heterocycles. The van der Waals surface area contributed by atoms with Crippen molar-refractivity contribution in [3.63, 3.8) is 0 Å². The second kappa shape index (κ2) is 9.11. The first kappa shape index (κ1) is 21.8. The quantitative estimate of drug-likeness (QED) is 0.324. The number of nitrogens with one attached hydrogen (secondary N) is 1. The molecule has 0 bridgehead atoms. The number of benzene rings is 1. The number of anilines is 1. The van der Waals surface area contributed by atoms with Crippen molar-refractivity contribution in [3.05, 3.63) is 46.1 Å². The van der Waals surface area contributed by atoms with E-state index in [1.807, 2.05) is 4.40 Å². The molecule has 0 radical (unpaired) electrons. The van der Waals surface area contributed by atoms with Crippen LogP contribution in [0.5, 0.6) is 0 Å². The smallest absolute Gasteiger partial charge is 0.337 e. The maximum absolute atomic E-state index is 12.6. The molecule has 5 rings (SSSR count). The van der Waals surface area contributed by atoms with Gasteiger partial charge in [-0.1, -0.05) is 24.8 Å². The SMILES string of the molecule is CCc1nc2sc3c(c2c2nnc(SCC(=O)Nc4cccc(C(=O)OC)c4)n12)CCCC3. The summed E-state index contributed by atoms with van der Waals surface area (Å²) in [6, 6.07) is 6.67. The molecule has 0 saturated carbocycles. The van der Waals surface area contributed by atoms with E-state index in [1.54, 1.807) is 35.6 Å². The second-order valence-electron chi connectivity index (χ2n) is 7.82. The number of fused-ring (bicyclic) bond motifs is 5. The van der Waals surface area contributed by atoms with Crippen LogP contribution in [-0.4, -0.2) is 44.3 Å². The monoisotopic (exact) mass is 481 g/mol. The molecular weight excluding hydrogens is 458 g/mol. The Hall–Kier alpha value is -2.98. The number of amides is 1. The van der Waals surface area contributed by atoms with E-state index in [2.05, 4.69) is 22.4 Å². The number of hydrogen-bond acceptors (Lipinski definition) is 8. The van der Waals surface area contributed by atoms with Gasteiger partial charge in [0.15, 0.2) is 10.8 Å². The molecule has 1 aliphatic rings. The number of aromatic nitrogens is 4. The fraction of sp³-hybridized carbons (Fsp3) is 0.348. The van der Waals surface area contributed by atoms with Gasteiger partial charge in [0.25, 0.3) is 0 Å². The van der Waals surface area contributed by atoms with Gasteiger partial charge in [-0.3, -0.25) is 9.20 Å². The normalized spacial score (nSPS) is 13.3. The van der Waals surface area contributed by atoms with Gasteiger partial charge in [-0.05, 0) is 49.4 Å². The van der Waals surface area contributed by atoms with Crippen molar-refractivity contribution in [2.75, 3.05) is 18.2 Å². The van der Waals surface area contributed by atoms with E-state index in [0.717, 1.165) is 41.0 Å². The number of esters is 1. The Morgan fingerprint density at radius 1 is 1.24 bits per heavy atom. The number of carbonyl (C=O) groups excluding carboxylic acids is 2. The van der Waals surface area contributed by atoms with Crippen LogP contribution in [0.1, 0.15) is 46.4 Å². The first-order chi connectivity index (χ1) is 16.1. The molecule has 0 atom stereocenters. The summed E-state index contributed by atoms with van der Waals surface area (Å²) in [6.45, 7) is 2.07.